The van der Waals surface area contributed by atoms with E-state index in [2.05, 4.69) is 5.32 Å². The highest BCUT2D eigenvalue weighted by Gasteiger charge is 2.38. The van der Waals surface area contributed by atoms with Crippen LogP contribution < -0.4 is 10.1 Å². The molecule has 0 aliphatic carbocycles. The van der Waals surface area contributed by atoms with Gasteiger partial charge in [-0.3, -0.25) is 4.79 Å². The summed E-state index contributed by atoms with van der Waals surface area (Å²) in [6.45, 7) is 2.86. The maximum absolute atomic E-state index is 14.1. The topological polar surface area (TPSA) is 38.3 Å². The Labute approximate surface area is 113 Å². The van der Waals surface area contributed by atoms with Gasteiger partial charge < -0.3 is 10.1 Å². The molecule has 0 amide bonds. The van der Waals surface area contributed by atoms with E-state index < -0.39 is 11.4 Å². The number of Topliss-reactive ketones (excluding diaryl/α,β-unsaturated/α-hetero) is 1. The monoisotopic (exact) mass is 265 g/mol. The molecule has 0 radical (unpaired) electrons. The summed E-state index contributed by atoms with van der Waals surface area (Å²) < 4.78 is 19.0. The Hall–Kier alpha value is -1.42. The van der Waals surface area contributed by atoms with Crippen molar-refractivity contribution < 1.29 is 13.9 Å². The van der Waals surface area contributed by atoms with Gasteiger partial charge in [-0.25, -0.2) is 4.39 Å². The average molecular weight is 265 g/mol. The fourth-order valence-electron chi connectivity index (χ4n) is 2.74. The fourth-order valence-corrected chi connectivity index (χ4v) is 2.74. The van der Waals surface area contributed by atoms with Crippen molar-refractivity contribution in [2.24, 2.45) is 0 Å². The average Bonchev–Trinajstić information content (AvgIpc) is 2.91. The minimum absolute atomic E-state index is 0.0691. The van der Waals surface area contributed by atoms with E-state index in [1.807, 2.05) is 6.92 Å². The van der Waals surface area contributed by atoms with Crippen LogP contribution in [0.2, 0.25) is 0 Å². The lowest BCUT2D eigenvalue weighted by atomic mass is 9.86. The highest BCUT2D eigenvalue weighted by molar-refractivity contribution is 5.90. The van der Waals surface area contributed by atoms with E-state index in [4.69, 9.17) is 4.74 Å². The first kappa shape index (κ1) is 14.0. The van der Waals surface area contributed by atoms with Crippen LogP contribution >= 0.6 is 0 Å². The maximum Gasteiger partial charge on any atom is 0.168 e. The van der Waals surface area contributed by atoms with Crippen molar-refractivity contribution in [3.8, 4) is 5.75 Å². The molecule has 0 saturated carbocycles. The Balaban J connectivity index is 2.19. The van der Waals surface area contributed by atoms with Crippen LogP contribution in [0.4, 0.5) is 4.39 Å². The summed E-state index contributed by atoms with van der Waals surface area (Å²) in [5.41, 5.74) is -0.0546. The van der Waals surface area contributed by atoms with Crippen LogP contribution in [0, 0.1) is 5.82 Å². The Morgan fingerprint density at radius 2 is 2.32 bits per heavy atom. The number of carbonyl (C=O) groups excluding carboxylic acids is 1. The van der Waals surface area contributed by atoms with E-state index in [-0.39, 0.29) is 18.0 Å². The predicted molar refractivity (Wildman–Crippen MR) is 71.9 cm³/mol. The summed E-state index contributed by atoms with van der Waals surface area (Å²) in [5, 5.41) is 3.28. The van der Waals surface area contributed by atoms with Crippen molar-refractivity contribution in [2.45, 2.75) is 38.1 Å². The number of hydrogen-bond acceptors (Lipinski definition) is 3. The molecule has 1 heterocycles. The molecular weight excluding hydrogens is 245 g/mol. The SMILES string of the molecule is CCC1(C(=O)Cc2cccc(OC)c2F)CCCN1. The first-order chi connectivity index (χ1) is 9.13. The van der Waals surface area contributed by atoms with Crippen molar-refractivity contribution in [2.75, 3.05) is 13.7 Å². The molecular formula is C15H20FNO2. The van der Waals surface area contributed by atoms with Crippen molar-refractivity contribution in [3.05, 3.63) is 29.6 Å². The van der Waals surface area contributed by atoms with Gasteiger partial charge in [0.1, 0.15) is 0 Å². The number of ketones is 1. The molecule has 1 atom stereocenters. The second kappa shape index (κ2) is 5.70. The van der Waals surface area contributed by atoms with Crippen LogP contribution in [0.3, 0.4) is 0 Å². The zero-order chi connectivity index (χ0) is 13.9. The van der Waals surface area contributed by atoms with Gasteiger partial charge in [-0.2, -0.15) is 0 Å². The molecule has 19 heavy (non-hydrogen) atoms. The third-order valence-electron chi connectivity index (χ3n) is 4.00. The number of methoxy groups -OCH3 is 1. The summed E-state index contributed by atoms with van der Waals surface area (Å²) >= 11 is 0. The van der Waals surface area contributed by atoms with E-state index in [1.165, 1.54) is 7.11 Å². The highest BCUT2D eigenvalue weighted by atomic mass is 19.1. The molecule has 1 aromatic rings. The van der Waals surface area contributed by atoms with Crippen LogP contribution in [-0.2, 0) is 11.2 Å². The zero-order valence-corrected chi connectivity index (χ0v) is 11.5. The summed E-state index contributed by atoms with van der Waals surface area (Å²) in [6, 6.07) is 4.92. The van der Waals surface area contributed by atoms with Gasteiger partial charge in [0.2, 0.25) is 0 Å². The minimum atomic E-state index is -0.463. The molecule has 0 spiro atoms. The Kier molecular flexibility index (Phi) is 4.20. The number of hydrogen-bond donors (Lipinski definition) is 1. The number of halogens is 1. The molecule has 104 valence electrons. The maximum atomic E-state index is 14.1. The van der Waals surface area contributed by atoms with Crippen molar-refractivity contribution in [3.63, 3.8) is 0 Å². The lowest BCUT2D eigenvalue weighted by Gasteiger charge is -2.26. The van der Waals surface area contributed by atoms with Gasteiger partial charge in [-0.15, -0.1) is 0 Å². The molecule has 2 rings (SSSR count). The van der Waals surface area contributed by atoms with E-state index >= 15 is 0 Å². The smallest absolute Gasteiger partial charge is 0.168 e. The van der Waals surface area contributed by atoms with Crippen LogP contribution in [0.1, 0.15) is 31.7 Å². The largest absolute Gasteiger partial charge is 0.494 e. The van der Waals surface area contributed by atoms with Gasteiger partial charge in [0.05, 0.1) is 12.6 Å². The van der Waals surface area contributed by atoms with Crippen molar-refractivity contribution in [1.29, 1.82) is 0 Å². The number of benzene rings is 1. The van der Waals surface area contributed by atoms with Gasteiger partial charge in [-0.05, 0) is 37.4 Å². The minimum Gasteiger partial charge on any atom is -0.494 e. The number of nitrogens with one attached hydrogen (secondary N) is 1. The van der Waals surface area contributed by atoms with Crippen LogP contribution in [-0.4, -0.2) is 25.0 Å². The molecule has 3 nitrogen and oxygen atoms in total. The van der Waals surface area contributed by atoms with Gasteiger partial charge in [-0.1, -0.05) is 19.1 Å². The van der Waals surface area contributed by atoms with Crippen LogP contribution in [0.5, 0.6) is 5.75 Å². The summed E-state index contributed by atoms with van der Waals surface area (Å²) in [5.74, 6) is -0.169. The Morgan fingerprint density at radius 1 is 1.53 bits per heavy atom. The number of rotatable bonds is 5. The molecule has 1 aromatic carbocycles. The first-order valence-corrected chi connectivity index (χ1v) is 6.72. The fraction of sp³-hybridized carbons (Fsp3) is 0.533. The molecule has 1 fully saturated rings. The van der Waals surface area contributed by atoms with Gasteiger partial charge in [0.15, 0.2) is 17.3 Å². The van der Waals surface area contributed by atoms with Gasteiger partial charge in [0, 0.05) is 6.42 Å². The van der Waals surface area contributed by atoms with E-state index in [1.54, 1.807) is 18.2 Å². The normalized spacial score (nSPS) is 22.5. The molecule has 4 heteroatoms. The standard InChI is InChI=1S/C15H20FNO2/c1-3-15(8-5-9-17-15)13(18)10-11-6-4-7-12(19-2)14(11)16/h4,6-7,17H,3,5,8-10H2,1-2H3. The molecule has 0 bridgehead atoms. The summed E-state index contributed by atoms with van der Waals surface area (Å²) in [7, 11) is 1.43. The zero-order valence-electron chi connectivity index (χ0n) is 11.5. The third-order valence-corrected chi connectivity index (χ3v) is 4.00. The summed E-state index contributed by atoms with van der Waals surface area (Å²) in [6.07, 6.45) is 2.70. The van der Waals surface area contributed by atoms with Gasteiger partial charge in [0.25, 0.3) is 0 Å². The Bertz CT molecular complexity index is 467. The molecule has 1 unspecified atom stereocenters. The van der Waals surface area contributed by atoms with E-state index in [0.29, 0.717) is 5.56 Å². The molecule has 1 N–H and O–H groups in total. The van der Waals surface area contributed by atoms with Crippen molar-refractivity contribution in [1.82, 2.24) is 5.32 Å². The number of ether oxygens (including phenoxy) is 1. The lowest BCUT2D eigenvalue weighted by Crippen LogP contribution is -2.47. The molecule has 1 aliphatic heterocycles. The second-order valence-corrected chi connectivity index (χ2v) is 5.00. The van der Waals surface area contributed by atoms with Crippen LogP contribution in [0.15, 0.2) is 18.2 Å². The van der Waals surface area contributed by atoms with Crippen LogP contribution in [0.25, 0.3) is 0 Å². The summed E-state index contributed by atoms with van der Waals surface area (Å²) in [4.78, 5) is 12.4. The highest BCUT2D eigenvalue weighted by Crippen LogP contribution is 2.27. The second-order valence-electron chi connectivity index (χ2n) is 5.00. The first-order valence-electron chi connectivity index (χ1n) is 6.72. The van der Waals surface area contributed by atoms with Crippen molar-refractivity contribution >= 4 is 5.78 Å². The quantitative estimate of drug-likeness (QED) is 0.889. The predicted octanol–water partition coefficient (Wildman–Crippen LogP) is 2.48. The lowest BCUT2D eigenvalue weighted by molar-refractivity contribution is -0.124. The van der Waals surface area contributed by atoms with Gasteiger partial charge >= 0.3 is 0 Å². The molecule has 1 saturated heterocycles. The Morgan fingerprint density at radius 3 is 2.89 bits per heavy atom. The molecule has 1 aliphatic rings. The molecule has 0 aromatic heterocycles. The third kappa shape index (κ3) is 2.63. The number of carbonyl (C=O) groups is 1. The van der Waals surface area contributed by atoms with E-state index in [9.17, 15) is 9.18 Å². The van der Waals surface area contributed by atoms with E-state index in [0.717, 1.165) is 25.8 Å².